The maximum atomic E-state index is 12.2. The number of ether oxygens (including phenoxy) is 2. The number of unbranched alkanes of at least 4 members (excludes halogenated alkanes) is 2. The third kappa shape index (κ3) is 7.77. The van der Waals surface area contributed by atoms with Gasteiger partial charge >= 0.3 is 0 Å². The van der Waals surface area contributed by atoms with Crippen LogP contribution in [0.1, 0.15) is 58.9 Å². The van der Waals surface area contributed by atoms with Gasteiger partial charge in [0.25, 0.3) is 0 Å². The summed E-state index contributed by atoms with van der Waals surface area (Å²) in [4.78, 5) is 12.2. The predicted octanol–water partition coefficient (Wildman–Crippen LogP) is 3.98. The van der Waals surface area contributed by atoms with Gasteiger partial charge in [0.1, 0.15) is 5.78 Å². The van der Waals surface area contributed by atoms with E-state index in [0.29, 0.717) is 44.0 Å². The van der Waals surface area contributed by atoms with Crippen molar-refractivity contribution in [3.8, 4) is 11.5 Å². The highest BCUT2D eigenvalue weighted by atomic mass is 32.2. The van der Waals surface area contributed by atoms with Crippen molar-refractivity contribution >= 4 is 15.6 Å². The van der Waals surface area contributed by atoms with E-state index < -0.39 is 9.84 Å². The molecule has 26 heavy (non-hydrogen) atoms. The standard InChI is InChI=1S/C20H32O5S/c1-5-24-19-12-11-17(15-20(19)25-6-2)14-18(21)10-8-7-9-13-26(22,23)16(3)4/h11-12,15-16H,5-10,13-14H2,1-4H3. The Morgan fingerprint density at radius 3 is 2.27 bits per heavy atom. The van der Waals surface area contributed by atoms with Crippen LogP contribution in [0.3, 0.4) is 0 Å². The molecule has 1 rings (SSSR count). The van der Waals surface area contributed by atoms with Crippen LogP contribution in [0.25, 0.3) is 0 Å². The molecule has 5 nitrogen and oxygen atoms in total. The summed E-state index contributed by atoms with van der Waals surface area (Å²) in [5.41, 5.74) is 0.907. The van der Waals surface area contributed by atoms with E-state index in [1.165, 1.54) is 0 Å². The van der Waals surface area contributed by atoms with E-state index in [9.17, 15) is 13.2 Å². The molecule has 0 bridgehead atoms. The second kappa shape index (κ2) is 11.2. The summed E-state index contributed by atoms with van der Waals surface area (Å²) < 4.78 is 34.6. The first kappa shape index (κ1) is 22.5. The number of hydrogen-bond donors (Lipinski definition) is 0. The topological polar surface area (TPSA) is 69.7 Å². The van der Waals surface area contributed by atoms with E-state index in [0.717, 1.165) is 18.4 Å². The van der Waals surface area contributed by atoms with Crippen LogP contribution >= 0.6 is 0 Å². The molecule has 1 aromatic carbocycles. The third-order valence-corrected chi connectivity index (χ3v) is 6.41. The molecule has 1 aromatic rings. The number of hydrogen-bond acceptors (Lipinski definition) is 5. The molecule has 148 valence electrons. The first-order valence-corrected chi connectivity index (χ1v) is 11.1. The molecule has 0 aliphatic rings. The zero-order valence-corrected chi connectivity index (χ0v) is 17.2. The largest absolute Gasteiger partial charge is 0.490 e. The smallest absolute Gasteiger partial charge is 0.161 e. The Hall–Kier alpha value is -1.56. The molecule has 0 aromatic heterocycles. The van der Waals surface area contributed by atoms with Crippen LogP contribution < -0.4 is 9.47 Å². The minimum absolute atomic E-state index is 0.156. The van der Waals surface area contributed by atoms with Crippen molar-refractivity contribution in [3.05, 3.63) is 23.8 Å². The van der Waals surface area contributed by atoms with Gasteiger partial charge in [-0.15, -0.1) is 0 Å². The Kier molecular flexibility index (Phi) is 9.70. The predicted molar refractivity (Wildman–Crippen MR) is 105 cm³/mol. The maximum Gasteiger partial charge on any atom is 0.161 e. The average Bonchev–Trinajstić information content (AvgIpc) is 2.57. The Morgan fingerprint density at radius 2 is 1.65 bits per heavy atom. The average molecular weight is 385 g/mol. The number of rotatable bonds is 13. The molecular weight excluding hydrogens is 352 g/mol. The van der Waals surface area contributed by atoms with Gasteiger partial charge in [0, 0.05) is 12.8 Å². The Balaban J connectivity index is 2.44. The van der Waals surface area contributed by atoms with Crippen LogP contribution in [-0.2, 0) is 21.1 Å². The Labute approximate surface area is 158 Å². The van der Waals surface area contributed by atoms with Crippen LogP contribution in [0.15, 0.2) is 18.2 Å². The summed E-state index contributed by atoms with van der Waals surface area (Å²) in [5, 5.41) is -0.330. The molecule has 0 unspecified atom stereocenters. The molecule has 6 heteroatoms. The van der Waals surface area contributed by atoms with Gasteiger partial charge in [-0.05, 0) is 58.2 Å². The van der Waals surface area contributed by atoms with Gasteiger partial charge in [-0.2, -0.15) is 0 Å². The van der Waals surface area contributed by atoms with Crippen molar-refractivity contribution < 1.29 is 22.7 Å². The van der Waals surface area contributed by atoms with Crippen molar-refractivity contribution in [2.75, 3.05) is 19.0 Å². The molecule has 0 N–H and O–H groups in total. The summed E-state index contributed by atoms with van der Waals surface area (Å²) in [6, 6.07) is 5.59. The molecule has 0 aliphatic heterocycles. The molecule has 0 saturated heterocycles. The van der Waals surface area contributed by atoms with Crippen molar-refractivity contribution in [2.45, 2.75) is 65.0 Å². The number of sulfone groups is 1. The molecule has 0 heterocycles. The molecule has 0 atom stereocenters. The van der Waals surface area contributed by atoms with Crippen LogP contribution in [0, 0.1) is 0 Å². The normalized spacial score (nSPS) is 11.6. The Bertz CT molecular complexity index is 665. The van der Waals surface area contributed by atoms with Crippen molar-refractivity contribution in [2.24, 2.45) is 0 Å². The lowest BCUT2D eigenvalue weighted by molar-refractivity contribution is -0.118. The zero-order chi connectivity index (χ0) is 19.6. The van der Waals surface area contributed by atoms with Gasteiger partial charge in [-0.3, -0.25) is 4.79 Å². The van der Waals surface area contributed by atoms with Crippen LogP contribution in [0.2, 0.25) is 0 Å². The van der Waals surface area contributed by atoms with Gasteiger partial charge < -0.3 is 9.47 Å². The monoisotopic (exact) mass is 384 g/mol. The van der Waals surface area contributed by atoms with E-state index in [4.69, 9.17) is 9.47 Å². The number of benzene rings is 1. The van der Waals surface area contributed by atoms with Gasteiger partial charge in [-0.25, -0.2) is 8.42 Å². The van der Waals surface area contributed by atoms with Gasteiger partial charge in [-0.1, -0.05) is 12.5 Å². The number of ketones is 1. The lowest BCUT2D eigenvalue weighted by Crippen LogP contribution is -2.17. The minimum atomic E-state index is -2.98. The van der Waals surface area contributed by atoms with Gasteiger partial charge in [0.2, 0.25) is 0 Å². The lowest BCUT2D eigenvalue weighted by Gasteiger charge is -2.12. The highest BCUT2D eigenvalue weighted by Crippen LogP contribution is 2.29. The molecule has 0 radical (unpaired) electrons. The SMILES string of the molecule is CCOc1ccc(CC(=O)CCCCCS(=O)(=O)C(C)C)cc1OCC. The first-order valence-electron chi connectivity index (χ1n) is 9.42. The summed E-state index contributed by atoms with van der Waals surface area (Å²) in [6.07, 6.45) is 2.92. The maximum absolute atomic E-state index is 12.2. The van der Waals surface area contributed by atoms with E-state index in [-0.39, 0.29) is 16.8 Å². The minimum Gasteiger partial charge on any atom is -0.490 e. The van der Waals surface area contributed by atoms with Gasteiger partial charge in [0.05, 0.1) is 24.2 Å². The molecule has 0 saturated carbocycles. The number of carbonyl (C=O) groups excluding carboxylic acids is 1. The zero-order valence-electron chi connectivity index (χ0n) is 16.4. The first-order chi connectivity index (χ1) is 12.3. The quantitative estimate of drug-likeness (QED) is 0.481. The van der Waals surface area contributed by atoms with Crippen LogP contribution in [0.5, 0.6) is 11.5 Å². The summed E-state index contributed by atoms with van der Waals surface area (Å²) >= 11 is 0. The lowest BCUT2D eigenvalue weighted by atomic mass is 10.0. The van der Waals surface area contributed by atoms with Crippen LogP contribution in [0.4, 0.5) is 0 Å². The third-order valence-electron chi connectivity index (χ3n) is 4.11. The molecule has 0 spiro atoms. The number of Topliss-reactive ketones (excluding diaryl/α,β-unsaturated/α-hetero) is 1. The fraction of sp³-hybridized carbons (Fsp3) is 0.650. The van der Waals surface area contributed by atoms with Crippen molar-refractivity contribution in [1.82, 2.24) is 0 Å². The van der Waals surface area contributed by atoms with E-state index in [1.54, 1.807) is 13.8 Å². The second-order valence-corrected chi connectivity index (χ2v) is 9.27. The fourth-order valence-electron chi connectivity index (χ4n) is 2.56. The number of carbonyl (C=O) groups is 1. The van der Waals surface area contributed by atoms with E-state index >= 15 is 0 Å². The van der Waals surface area contributed by atoms with E-state index in [2.05, 4.69) is 0 Å². The van der Waals surface area contributed by atoms with Crippen molar-refractivity contribution in [1.29, 1.82) is 0 Å². The molecule has 0 aliphatic carbocycles. The van der Waals surface area contributed by atoms with Gasteiger partial charge in [0.15, 0.2) is 21.3 Å². The summed E-state index contributed by atoms with van der Waals surface area (Å²) in [6.45, 7) is 8.33. The highest BCUT2D eigenvalue weighted by Gasteiger charge is 2.15. The molecule has 0 fully saturated rings. The molecule has 0 amide bonds. The molecular formula is C20H32O5S. The highest BCUT2D eigenvalue weighted by molar-refractivity contribution is 7.91. The summed E-state index contributed by atoms with van der Waals surface area (Å²) in [7, 11) is -2.98. The van der Waals surface area contributed by atoms with E-state index in [1.807, 2.05) is 32.0 Å². The fourth-order valence-corrected chi connectivity index (χ4v) is 3.64. The summed E-state index contributed by atoms with van der Waals surface area (Å²) in [5.74, 6) is 1.72. The van der Waals surface area contributed by atoms with Crippen LogP contribution in [-0.4, -0.2) is 38.4 Å². The van der Waals surface area contributed by atoms with Crippen molar-refractivity contribution in [3.63, 3.8) is 0 Å². The Morgan fingerprint density at radius 1 is 1.00 bits per heavy atom. The second-order valence-electron chi connectivity index (χ2n) is 6.59.